The fraction of sp³-hybridized carbons (Fsp3) is 0.250. The first-order valence-electron chi connectivity index (χ1n) is 13.6. The Kier molecular flexibility index (Phi) is 6.99. The van der Waals surface area contributed by atoms with E-state index >= 15 is 0 Å². The van der Waals surface area contributed by atoms with Crippen molar-refractivity contribution in [2.24, 2.45) is 0 Å². The summed E-state index contributed by atoms with van der Waals surface area (Å²) in [6.45, 7) is 6.59. The Hall–Kier alpha value is -4.59. The molecule has 7 nitrogen and oxygen atoms in total. The van der Waals surface area contributed by atoms with Gasteiger partial charge in [0.2, 0.25) is 5.91 Å². The number of fused-ring (bicyclic) bond motifs is 1. The number of amides is 1. The molecule has 2 aromatic heterocycles. The lowest BCUT2D eigenvalue weighted by atomic mass is 10.1. The zero-order valence-electron chi connectivity index (χ0n) is 22.7. The second kappa shape index (κ2) is 10.9. The van der Waals surface area contributed by atoms with Crippen molar-refractivity contribution in [2.45, 2.75) is 26.7 Å². The summed E-state index contributed by atoms with van der Waals surface area (Å²) in [6, 6.07) is 24.5. The number of benzene rings is 3. The van der Waals surface area contributed by atoms with Crippen molar-refractivity contribution in [2.75, 3.05) is 31.1 Å². The van der Waals surface area contributed by atoms with Crippen molar-refractivity contribution in [3.8, 4) is 5.69 Å². The van der Waals surface area contributed by atoms with Gasteiger partial charge in [-0.3, -0.25) is 4.79 Å². The molecule has 1 amide bonds. The molecule has 3 heterocycles. The highest BCUT2D eigenvalue weighted by molar-refractivity contribution is 5.91. The first-order valence-corrected chi connectivity index (χ1v) is 13.6. The Balaban J connectivity index is 1.33. The van der Waals surface area contributed by atoms with Crippen LogP contribution in [-0.4, -0.2) is 56.7 Å². The van der Waals surface area contributed by atoms with Gasteiger partial charge >= 0.3 is 0 Å². The van der Waals surface area contributed by atoms with Crippen LogP contribution in [0.3, 0.4) is 0 Å². The first kappa shape index (κ1) is 25.7. The highest BCUT2D eigenvalue weighted by atomic mass is 19.1. The van der Waals surface area contributed by atoms with E-state index in [1.807, 2.05) is 42.2 Å². The van der Waals surface area contributed by atoms with E-state index < -0.39 is 0 Å². The summed E-state index contributed by atoms with van der Waals surface area (Å²) in [5.74, 6) is 1.36. The van der Waals surface area contributed by atoms with Crippen LogP contribution in [0.4, 0.5) is 10.2 Å². The highest BCUT2D eigenvalue weighted by Crippen LogP contribution is 2.30. The SMILES string of the molecule is Cc1ccc(Cc2nc(N3CCN(C(=O)Cc4ccccc4)CC3)c3c(C)nn(-c4ccc(F)cc4)c3n2)cc1. The van der Waals surface area contributed by atoms with Gasteiger partial charge in [0.05, 0.1) is 23.2 Å². The predicted molar refractivity (Wildman–Crippen MR) is 154 cm³/mol. The lowest BCUT2D eigenvalue weighted by Crippen LogP contribution is -2.49. The van der Waals surface area contributed by atoms with Crippen molar-refractivity contribution in [3.05, 3.63) is 113 Å². The van der Waals surface area contributed by atoms with Gasteiger partial charge in [0.25, 0.3) is 0 Å². The zero-order valence-corrected chi connectivity index (χ0v) is 22.7. The molecule has 0 N–H and O–H groups in total. The molecule has 5 aromatic rings. The average Bonchev–Trinajstić information content (AvgIpc) is 3.31. The van der Waals surface area contributed by atoms with Crippen LogP contribution in [0.1, 0.15) is 28.2 Å². The molecule has 1 fully saturated rings. The molecule has 0 spiro atoms. The Morgan fingerprint density at radius 2 is 1.52 bits per heavy atom. The molecule has 0 atom stereocenters. The standard InChI is InChI=1S/C32H31FN6O/c1-22-8-10-25(11-9-22)20-28-34-31(30-23(2)36-39(32(30)35-28)27-14-12-26(33)13-15-27)38-18-16-37(17-19-38)29(40)21-24-6-4-3-5-7-24/h3-15H,16-21H2,1-2H3. The number of rotatable bonds is 6. The van der Waals surface area contributed by atoms with Gasteiger partial charge in [-0.05, 0) is 49.2 Å². The molecule has 0 unspecified atom stereocenters. The third-order valence-electron chi connectivity index (χ3n) is 7.41. The molecule has 202 valence electrons. The van der Waals surface area contributed by atoms with E-state index in [-0.39, 0.29) is 11.7 Å². The summed E-state index contributed by atoms with van der Waals surface area (Å²) in [7, 11) is 0. The van der Waals surface area contributed by atoms with E-state index in [0.29, 0.717) is 50.5 Å². The smallest absolute Gasteiger partial charge is 0.227 e. The number of anilines is 1. The molecular formula is C32H31FN6O. The number of halogens is 1. The molecule has 40 heavy (non-hydrogen) atoms. The minimum atomic E-state index is -0.299. The quantitative estimate of drug-likeness (QED) is 0.305. The number of carbonyl (C=O) groups is 1. The van der Waals surface area contributed by atoms with E-state index in [0.717, 1.165) is 33.7 Å². The van der Waals surface area contributed by atoms with E-state index in [9.17, 15) is 9.18 Å². The van der Waals surface area contributed by atoms with Gasteiger partial charge in [-0.15, -0.1) is 0 Å². The minimum Gasteiger partial charge on any atom is -0.352 e. The molecule has 1 aliphatic rings. The van der Waals surface area contributed by atoms with Crippen molar-refractivity contribution < 1.29 is 9.18 Å². The maximum absolute atomic E-state index is 13.7. The predicted octanol–water partition coefficient (Wildman–Crippen LogP) is 5.05. The summed E-state index contributed by atoms with van der Waals surface area (Å²) in [6.07, 6.45) is 0.981. The maximum Gasteiger partial charge on any atom is 0.227 e. The first-order chi connectivity index (χ1) is 19.4. The number of hydrogen-bond donors (Lipinski definition) is 0. The van der Waals surface area contributed by atoms with Crippen LogP contribution in [0.25, 0.3) is 16.7 Å². The average molecular weight is 535 g/mol. The molecule has 1 saturated heterocycles. The van der Waals surface area contributed by atoms with Crippen LogP contribution in [0.2, 0.25) is 0 Å². The van der Waals surface area contributed by atoms with Crippen LogP contribution in [0.15, 0.2) is 78.9 Å². The molecule has 0 saturated carbocycles. The van der Waals surface area contributed by atoms with Gasteiger partial charge in [-0.1, -0.05) is 60.2 Å². The zero-order chi connectivity index (χ0) is 27.6. The minimum absolute atomic E-state index is 0.138. The monoisotopic (exact) mass is 534 g/mol. The van der Waals surface area contributed by atoms with Crippen molar-refractivity contribution in [1.29, 1.82) is 0 Å². The second-order valence-corrected chi connectivity index (χ2v) is 10.3. The van der Waals surface area contributed by atoms with E-state index in [1.54, 1.807) is 16.8 Å². The molecule has 0 bridgehead atoms. The van der Waals surface area contributed by atoms with Crippen LogP contribution in [-0.2, 0) is 17.6 Å². The normalized spacial score (nSPS) is 13.7. The largest absolute Gasteiger partial charge is 0.352 e. The highest BCUT2D eigenvalue weighted by Gasteiger charge is 2.26. The van der Waals surface area contributed by atoms with E-state index in [1.165, 1.54) is 17.7 Å². The Bertz CT molecular complexity index is 1640. The molecule has 1 aliphatic heterocycles. The Labute approximate surface area is 232 Å². The summed E-state index contributed by atoms with van der Waals surface area (Å²) in [4.78, 5) is 27.2. The van der Waals surface area contributed by atoms with Gasteiger partial charge in [0.1, 0.15) is 17.5 Å². The van der Waals surface area contributed by atoms with Gasteiger partial charge in [-0.25, -0.2) is 19.0 Å². The molecule has 6 rings (SSSR count). The molecular weight excluding hydrogens is 503 g/mol. The fourth-order valence-electron chi connectivity index (χ4n) is 5.21. The van der Waals surface area contributed by atoms with E-state index in [2.05, 4.69) is 36.1 Å². The summed E-state index contributed by atoms with van der Waals surface area (Å²) in [5.41, 5.74) is 5.58. The molecule has 0 aliphatic carbocycles. The summed E-state index contributed by atoms with van der Waals surface area (Å²) in [5, 5.41) is 5.67. The van der Waals surface area contributed by atoms with E-state index in [4.69, 9.17) is 15.1 Å². The lowest BCUT2D eigenvalue weighted by molar-refractivity contribution is -0.130. The second-order valence-electron chi connectivity index (χ2n) is 10.3. The van der Waals surface area contributed by atoms with Crippen LogP contribution in [0.5, 0.6) is 0 Å². The topological polar surface area (TPSA) is 67.2 Å². The number of piperazine rings is 1. The van der Waals surface area contributed by atoms with Crippen LogP contribution >= 0.6 is 0 Å². The number of nitrogens with zero attached hydrogens (tertiary/aromatic N) is 6. The number of hydrogen-bond acceptors (Lipinski definition) is 5. The van der Waals surface area contributed by atoms with Gasteiger partial charge in [-0.2, -0.15) is 5.10 Å². The number of aromatic nitrogens is 4. The number of carbonyl (C=O) groups excluding carboxylic acids is 1. The van der Waals surface area contributed by atoms with Crippen molar-refractivity contribution in [1.82, 2.24) is 24.6 Å². The van der Waals surface area contributed by atoms with Crippen molar-refractivity contribution >= 4 is 22.8 Å². The number of aryl methyl sites for hydroxylation is 2. The third kappa shape index (κ3) is 5.30. The van der Waals surface area contributed by atoms with Crippen LogP contribution < -0.4 is 4.90 Å². The fourth-order valence-corrected chi connectivity index (χ4v) is 5.21. The van der Waals surface area contributed by atoms with Gasteiger partial charge in [0, 0.05) is 32.6 Å². The Morgan fingerprint density at radius 1 is 0.825 bits per heavy atom. The molecule has 8 heteroatoms. The van der Waals surface area contributed by atoms with Gasteiger partial charge in [0.15, 0.2) is 5.65 Å². The third-order valence-corrected chi connectivity index (χ3v) is 7.41. The van der Waals surface area contributed by atoms with Crippen molar-refractivity contribution in [3.63, 3.8) is 0 Å². The molecule has 0 radical (unpaired) electrons. The summed E-state index contributed by atoms with van der Waals surface area (Å²) >= 11 is 0. The maximum atomic E-state index is 13.7. The summed E-state index contributed by atoms with van der Waals surface area (Å²) < 4.78 is 15.5. The van der Waals surface area contributed by atoms with Crippen LogP contribution in [0, 0.1) is 19.7 Å². The lowest BCUT2D eigenvalue weighted by Gasteiger charge is -2.36. The Morgan fingerprint density at radius 3 is 2.23 bits per heavy atom. The molecule has 3 aromatic carbocycles. The van der Waals surface area contributed by atoms with Gasteiger partial charge < -0.3 is 9.80 Å².